The molecule has 22 heavy (non-hydrogen) atoms. The molecule has 0 aliphatic carbocycles. The van der Waals surface area contributed by atoms with Gasteiger partial charge in [0.2, 0.25) is 0 Å². The first-order chi connectivity index (χ1) is 10.8. The highest BCUT2D eigenvalue weighted by Crippen LogP contribution is 2.24. The maximum absolute atomic E-state index is 4.71. The van der Waals surface area contributed by atoms with E-state index in [0.717, 1.165) is 52.7 Å². The molecule has 4 rings (SSSR count). The van der Waals surface area contributed by atoms with Gasteiger partial charge < -0.3 is 5.32 Å². The number of aromatic nitrogens is 4. The molecule has 1 aliphatic rings. The highest BCUT2D eigenvalue weighted by molar-refractivity contribution is 9.10. The van der Waals surface area contributed by atoms with Crippen molar-refractivity contribution in [2.45, 2.75) is 18.9 Å². The fourth-order valence-corrected chi connectivity index (χ4v) is 3.21. The first-order valence-corrected chi connectivity index (χ1v) is 8.26. The summed E-state index contributed by atoms with van der Waals surface area (Å²) in [5, 5.41) is 7.91. The summed E-state index contributed by atoms with van der Waals surface area (Å²) in [4.78, 5) is 9.20. The number of piperidine rings is 1. The molecule has 0 spiro atoms. The molecule has 1 fully saturated rings. The molecule has 0 radical (unpaired) electrons. The van der Waals surface area contributed by atoms with E-state index in [4.69, 9.17) is 4.98 Å². The molecular formula is C16H16BrN5. The maximum atomic E-state index is 4.71. The average molecular weight is 358 g/mol. The Morgan fingerprint density at radius 1 is 1.14 bits per heavy atom. The lowest BCUT2D eigenvalue weighted by atomic mass is 10.1. The van der Waals surface area contributed by atoms with Gasteiger partial charge in [-0.15, -0.1) is 0 Å². The minimum absolute atomic E-state index is 0.484. The molecule has 1 N–H and O–H groups in total. The second kappa shape index (κ2) is 5.78. The van der Waals surface area contributed by atoms with Gasteiger partial charge in [-0.25, -0.2) is 4.98 Å². The van der Waals surface area contributed by atoms with Crippen LogP contribution in [-0.4, -0.2) is 32.8 Å². The highest BCUT2D eigenvalue weighted by Gasteiger charge is 2.16. The van der Waals surface area contributed by atoms with Crippen molar-refractivity contribution in [3.63, 3.8) is 0 Å². The lowest BCUT2D eigenvalue weighted by Crippen LogP contribution is -2.29. The van der Waals surface area contributed by atoms with Crippen molar-refractivity contribution in [1.29, 1.82) is 0 Å². The third kappa shape index (κ3) is 2.64. The minimum Gasteiger partial charge on any atom is -0.317 e. The summed E-state index contributed by atoms with van der Waals surface area (Å²) in [5.74, 6) is 0. The number of halogens is 1. The smallest absolute Gasteiger partial charge is 0.0924 e. The Bertz CT molecular complexity index is 807. The molecule has 2 aromatic heterocycles. The number of fused-ring (bicyclic) bond motifs is 1. The molecule has 3 aromatic rings. The first-order valence-electron chi connectivity index (χ1n) is 7.47. The molecule has 3 heterocycles. The van der Waals surface area contributed by atoms with E-state index in [0.29, 0.717) is 6.04 Å². The normalized spacial score (nSPS) is 16.2. The van der Waals surface area contributed by atoms with Crippen LogP contribution >= 0.6 is 15.9 Å². The Labute approximate surface area is 136 Å². The molecule has 5 nitrogen and oxygen atoms in total. The average Bonchev–Trinajstić information content (AvgIpc) is 3.05. The van der Waals surface area contributed by atoms with E-state index < -0.39 is 0 Å². The second-order valence-corrected chi connectivity index (χ2v) is 6.49. The SMILES string of the molecule is Brc1ccc2ncc(-c3cnn(C4CCNCC4)c3)nc2c1. The predicted octanol–water partition coefficient (Wildman–Crippen LogP) is 3.18. The molecule has 6 heteroatoms. The summed E-state index contributed by atoms with van der Waals surface area (Å²) in [6.07, 6.45) is 8.04. The van der Waals surface area contributed by atoms with Gasteiger partial charge in [-0.05, 0) is 44.1 Å². The zero-order valence-electron chi connectivity index (χ0n) is 12.0. The first kappa shape index (κ1) is 13.8. The van der Waals surface area contributed by atoms with Crippen molar-refractivity contribution >= 4 is 27.0 Å². The van der Waals surface area contributed by atoms with E-state index in [1.807, 2.05) is 30.6 Å². The fourth-order valence-electron chi connectivity index (χ4n) is 2.86. The lowest BCUT2D eigenvalue weighted by Gasteiger charge is -2.22. The van der Waals surface area contributed by atoms with Gasteiger partial charge in [-0.2, -0.15) is 5.10 Å². The summed E-state index contributed by atoms with van der Waals surface area (Å²) in [5.41, 5.74) is 3.68. The van der Waals surface area contributed by atoms with E-state index in [2.05, 4.69) is 42.2 Å². The molecule has 1 aromatic carbocycles. The van der Waals surface area contributed by atoms with Crippen LogP contribution in [0.5, 0.6) is 0 Å². The van der Waals surface area contributed by atoms with Crippen LogP contribution in [0, 0.1) is 0 Å². The zero-order valence-corrected chi connectivity index (χ0v) is 13.6. The largest absolute Gasteiger partial charge is 0.317 e. The second-order valence-electron chi connectivity index (χ2n) is 5.58. The standard InChI is InChI=1S/C16H16BrN5/c17-12-1-2-14-15(7-12)21-16(9-19-14)11-8-20-22(10-11)13-3-5-18-6-4-13/h1-2,7-10,13,18H,3-6H2. The topological polar surface area (TPSA) is 55.6 Å². The van der Waals surface area contributed by atoms with Gasteiger partial charge in [-0.3, -0.25) is 9.67 Å². The molecule has 112 valence electrons. The van der Waals surface area contributed by atoms with Gasteiger partial charge in [0.05, 0.1) is 35.2 Å². The van der Waals surface area contributed by atoms with Crippen molar-refractivity contribution in [2.24, 2.45) is 0 Å². The maximum Gasteiger partial charge on any atom is 0.0924 e. The summed E-state index contributed by atoms with van der Waals surface area (Å²) in [6.45, 7) is 2.12. The number of hydrogen-bond acceptors (Lipinski definition) is 4. The number of nitrogens with one attached hydrogen (secondary N) is 1. The Morgan fingerprint density at radius 2 is 2.00 bits per heavy atom. The van der Waals surface area contributed by atoms with Gasteiger partial charge >= 0.3 is 0 Å². The molecule has 0 bridgehead atoms. The molecule has 0 saturated carbocycles. The van der Waals surface area contributed by atoms with Gasteiger partial charge in [-0.1, -0.05) is 15.9 Å². The molecule has 1 aliphatic heterocycles. The van der Waals surface area contributed by atoms with Crippen LogP contribution < -0.4 is 5.32 Å². The van der Waals surface area contributed by atoms with Crippen molar-refractivity contribution in [3.05, 3.63) is 41.3 Å². The van der Waals surface area contributed by atoms with Crippen molar-refractivity contribution in [3.8, 4) is 11.3 Å². The van der Waals surface area contributed by atoms with Crippen LogP contribution in [0.2, 0.25) is 0 Å². The summed E-state index contributed by atoms with van der Waals surface area (Å²) >= 11 is 3.48. The molecular weight excluding hydrogens is 342 g/mol. The van der Waals surface area contributed by atoms with E-state index >= 15 is 0 Å². The summed E-state index contributed by atoms with van der Waals surface area (Å²) < 4.78 is 3.08. The third-order valence-electron chi connectivity index (χ3n) is 4.08. The van der Waals surface area contributed by atoms with Crippen LogP contribution in [0.25, 0.3) is 22.3 Å². The Hall–Kier alpha value is -1.79. The van der Waals surface area contributed by atoms with Gasteiger partial charge in [0.15, 0.2) is 0 Å². The monoisotopic (exact) mass is 357 g/mol. The minimum atomic E-state index is 0.484. The van der Waals surface area contributed by atoms with Gasteiger partial charge in [0.1, 0.15) is 0 Å². The van der Waals surface area contributed by atoms with E-state index in [9.17, 15) is 0 Å². The van der Waals surface area contributed by atoms with E-state index in [1.165, 1.54) is 0 Å². The van der Waals surface area contributed by atoms with Crippen LogP contribution in [0.3, 0.4) is 0 Å². The molecule has 0 amide bonds. The fraction of sp³-hybridized carbons (Fsp3) is 0.312. The van der Waals surface area contributed by atoms with Crippen molar-refractivity contribution < 1.29 is 0 Å². The molecule has 1 saturated heterocycles. The summed E-state index contributed by atoms with van der Waals surface area (Å²) in [7, 11) is 0. The molecule has 0 atom stereocenters. The van der Waals surface area contributed by atoms with Crippen LogP contribution in [0.15, 0.2) is 41.3 Å². The summed E-state index contributed by atoms with van der Waals surface area (Å²) in [6, 6.07) is 6.42. The predicted molar refractivity (Wildman–Crippen MR) is 89.6 cm³/mol. The Kier molecular flexibility index (Phi) is 3.63. The lowest BCUT2D eigenvalue weighted by molar-refractivity contribution is 0.343. The van der Waals surface area contributed by atoms with Crippen LogP contribution in [0.4, 0.5) is 0 Å². The van der Waals surface area contributed by atoms with Crippen LogP contribution in [0.1, 0.15) is 18.9 Å². The highest BCUT2D eigenvalue weighted by atomic mass is 79.9. The van der Waals surface area contributed by atoms with E-state index in [-0.39, 0.29) is 0 Å². The van der Waals surface area contributed by atoms with Crippen LogP contribution in [-0.2, 0) is 0 Å². The number of benzene rings is 1. The van der Waals surface area contributed by atoms with Gasteiger partial charge in [0.25, 0.3) is 0 Å². The Morgan fingerprint density at radius 3 is 2.86 bits per heavy atom. The van der Waals surface area contributed by atoms with Crippen molar-refractivity contribution in [1.82, 2.24) is 25.1 Å². The number of rotatable bonds is 2. The molecule has 0 unspecified atom stereocenters. The zero-order chi connectivity index (χ0) is 14.9. The van der Waals surface area contributed by atoms with Gasteiger partial charge in [0, 0.05) is 16.2 Å². The van der Waals surface area contributed by atoms with E-state index in [1.54, 1.807) is 0 Å². The quantitative estimate of drug-likeness (QED) is 0.765. The third-order valence-corrected chi connectivity index (χ3v) is 4.58. The Balaban J connectivity index is 1.68. The van der Waals surface area contributed by atoms with Crippen molar-refractivity contribution in [2.75, 3.05) is 13.1 Å². The number of nitrogens with zero attached hydrogens (tertiary/aromatic N) is 4. The number of hydrogen-bond donors (Lipinski definition) is 1.